The van der Waals surface area contributed by atoms with E-state index in [-0.39, 0.29) is 24.1 Å². The molecule has 37 heavy (non-hydrogen) atoms. The lowest BCUT2D eigenvalue weighted by atomic mass is 10.00. The fourth-order valence-electron chi connectivity index (χ4n) is 4.48. The Kier molecular flexibility index (Phi) is 9.86. The molecule has 202 valence electrons. The minimum absolute atomic E-state index is 0.0515. The summed E-state index contributed by atoms with van der Waals surface area (Å²) in [6.45, 7) is 11.7. The first kappa shape index (κ1) is 28.4. The molecular formula is C28H40N4O5. The molecule has 1 aliphatic rings. The van der Waals surface area contributed by atoms with E-state index < -0.39 is 5.60 Å². The fraction of sp³-hybridized carbons (Fsp3) is 0.571. The van der Waals surface area contributed by atoms with Gasteiger partial charge in [0.1, 0.15) is 17.7 Å². The van der Waals surface area contributed by atoms with Crippen LogP contribution < -0.4 is 4.74 Å². The first-order chi connectivity index (χ1) is 17.6. The van der Waals surface area contributed by atoms with Crippen molar-refractivity contribution in [3.63, 3.8) is 0 Å². The number of amides is 2. The van der Waals surface area contributed by atoms with Crippen molar-refractivity contribution in [2.75, 3.05) is 33.4 Å². The van der Waals surface area contributed by atoms with Crippen LogP contribution in [0.5, 0.6) is 5.75 Å². The third-order valence-electron chi connectivity index (χ3n) is 6.08. The van der Waals surface area contributed by atoms with E-state index in [1.54, 1.807) is 30.5 Å². The molecule has 1 atom stereocenters. The Morgan fingerprint density at radius 1 is 1.16 bits per heavy atom. The Morgan fingerprint density at radius 3 is 2.54 bits per heavy atom. The van der Waals surface area contributed by atoms with E-state index in [0.717, 1.165) is 30.4 Å². The van der Waals surface area contributed by atoms with E-state index in [0.29, 0.717) is 37.6 Å². The van der Waals surface area contributed by atoms with E-state index in [1.807, 2.05) is 51.7 Å². The van der Waals surface area contributed by atoms with Crippen LogP contribution in [0.2, 0.25) is 0 Å². The van der Waals surface area contributed by atoms with E-state index in [4.69, 9.17) is 14.2 Å². The quantitative estimate of drug-likeness (QED) is 0.445. The van der Waals surface area contributed by atoms with Gasteiger partial charge in [-0.15, -0.1) is 0 Å². The lowest BCUT2D eigenvalue weighted by molar-refractivity contribution is 0.00752. The summed E-state index contributed by atoms with van der Waals surface area (Å²) in [5.41, 5.74) is 1.59. The third kappa shape index (κ3) is 7.89. The monoisotopic (exact) mass is 512 g/mol. The minimum Gasteiger partial charge on any atom is -0.493 e. The number of benzene rings is 1. The van der Waals surface area contributed by atoms with Crippen molar-refractivity contribution < 1.29 is 23.8 Å². The van der Waals surface area contributed by atoms with Crippen molar-refractivity contribution in [3.8, 4) is 16.9 Å². The molecule has 9 heteroatoms. The van der Waals surface area contributed by atoms with Gasteiger partial charge < -0.3 is 24.0 Å². The summed E-state index contributed by atoms with van der Waals surface area (Å²) in [7, 11) is 1.65. The lowest BCUT2D eigenvalue weighted by Crippen LogP contribution is -2.54. The molecule has 0 radical (unpaired) electrons. The van der Waals surface area contributed by atoms with Crippen molar-refractivity contribution >= 4 is 12.0 Å². The maximum atomic E-state index is 13.9. The summed E-state index contributed by atoms with van der Waals surface area (Å²) in [5, 5.41) is 0. The Labute approximate surface area is 220 Å². The molecule has 1 aliphatic heterocycles. The molecule has 2 heterocycles. The van der Waals surface area contributed by atoms with Crippen LogP contribution in [0.25, 0.3) is 11.1 Å². The zero-order chi connectivity index (χ0) is 27.0. The van der Waals surface area contributed by atoms with Crippen molar-refractivity contribution in [1.82, 2.24) is 19.8 Å². The number of carbonyl (C=O) groups is 2. The molecule has 0 spiro atoms. The van der Waals surface area contributed by atoms with Crippen LogP contribution in [0, 0.1) is 0 Å². The summed E-state index contributed by atoms with van der Waals surface area (Å²) in [6, 6.07) is 5.33. The van der Waals surface area contributed by atoms with Crippen LogP contribution in [-0.2, 0) is 9.47 Å². The minimum atomic E-state index is -0.567. The summed E-state index contributed by atoms with van der Waals surface area (Å²) >= 11 is 0. The van der Waals surface area contributed by atoms with E-state index >= 15 is 0 Å². The number of ether oxygens (including phenoxy) is 3. The number of hydrogen-bond donors (Lipinski definition) is 0. The van der Waals surface area contributed by atoms with Crippen LogP contribution in [0.15, 0.2) is 36.9 Å². The predicted octanol–water partition coefficient (Wildman–Crippen LogP) is 4.81. The summed E-state index contributed by atoms with van der Waals surface area (Å²) in [6.07, 6.45) is 6.93. The van der Waals surface area contributed by atoms with Crippen LogP contribution in [0.4, 0.5) is 4.79 Å². The summed E-state index contributed by atoms with van der Waals surface area (Å²) in [4.78, 5) is 38.4. The van der Waals surface area contributed by atoms with Crippen molar-refractivity contribution in [2.45, 2.75) is 71.6 Å². The first-order valence-corrected chi connectivity index (χ1v) is 12.9. The van der Waals surface area contributed by atoms with Crippen LogP contribution in [-0.4, -0.2) is 82.9 Å². The third-order valence-corrected chi connectivity index (χ3v) is 6.08. The number of hydrogen-bond acceptors (Lipinski definition) is 7. The highest BCUT2D eigenvalue weighted by Gasteiger charge is 2.34. The fourth-order valence-corrected chi connectivity index (χ4v) is 4.48. The van der Waals surface area contributed by atoms with Gasteiger partial charge in [0.25, 0.3) is 5.91 Å². The van der Waals surface area contributed by atoms with Gasteiger partial charge in [-0.25, -0.2) is 14.8 Å². The molecule has 0 saturated carbocycles. The molecule has 0 N–H and O–H groups in total. The van der Waals surface area contributed by atoms with Gasteiger partial charge in [-0.1, -0.05) is 0 Å². The maximum Gasteiger partial charge on any atom is 0.410 e. The molecule has 0 unspecified atom stereocenters. The Hall–Kier alpha value is -3.20. The number of nitrogens with zero attached hydrogens (tertiary/aromatic N) is 4. The zero-order valence-corrected chi connectivity index (χ0v) is 22.9. The second kappa shape index (κ2) is 12.9. The predicted molar refractivity (Wildman–Crippen MR) is 142 cm³/mol. The van der Waals surface area contributed by atoms with Crippen LogP contribution in [0.1, 0.15) is 64.2 Å². The smallest absolute Gasteiger partial charge is 0.410 e. The standard InChI is InChI=1S/C28H40N4O5/c1-20(2)32(23-9-7-12-31(18-23)27(34)37-28(3,4)5)26(33)21-10-11-24(22-16-29-19-30-17-22)25(15-21)36-14-8-13-35-6/h10-11,15-17,19-20,23H,7-9,12-14,18H2,1-6H3/t23-/m1/s1. The first-order valence-electron chi connectivity index (χ1n) is 12.9. The van der Waals surface area contributed by atoms with Gasteiger partial charge >= 0.3 is 6.09 Å². The van der Waals surface area contributed by atoms with E-state index in [1.165, 1.54) is 6.33 Å². The molecule has 1 aromatic heterocycles. The second-order valence-corrected chi connectivity index (χ2v) is 10.6. The number of carbonyl (C=O) groups excluding carboxylic acids is 2. The number of likely N-dealkylation sites (tertiary alicyclic amines) is 1. The average Bonchev–Trinajstić information content (AvgIpc) is 2.86. The summed E-state index contributed by atoms with van der Waals surface area (Å²) < 4.78 is 16.8. The van der Waals surface area contributed by atoms with Gasteiger partial charge in [-0.3, -0.25) is 4.79 Å². The molecular weight excluding hydrogens is 472 g/mol. The van der Waals surface area contributed by atoms with Gasteiger partial charge in [-0.05, 0) is 65.7 Å². The van der Waals surface area contributed by atoms with Gasteiger partial charge in [0, 0.05) is 68.4 Å². The topological polar surface area (TPSA) is 94.1 Å². The van der Waals surface area contributed by atoms with E-state index in [2.05, 4.69) is 9.97 Å². The number of piperidine rings is 1. The normalized spacial score (nSPS) is 16.0. The Bertz CT molecular complexity index is 1040. The Morgan fingerprint density at radius 2 is 1.89 bits per heavy atom. The number of methoxy groups -OCH3 is 1. The highest BCUT2D eigenvalue weighted by molar-refractivity contribution is 5.96. The molecule has 1 aromatic carbocycles. The molecule has 2 aromatic rings. The SMILES string of the molecule is COCCCOc1cc(C(=O)N(C(C)C)[C@@H]2CCCN(C(=O)OC(C)(C)C)C2)ccc1-c1cncnc1. The van der Waals surface area contributed by atoms with Crippen molar-refractivity contribution in [3.05, 3.63) is 42.5 Å². The highest BCUT2D eigenvalue weighted by Crippen LogP contribution is 2.32. The van der Waals surface area contributed by atoms with Gasteiger partial charge in [0.2, 0.25) is 0 Å². The van der Waals surface area contributed by atoms with Crippen molar-refractivity contribution in [2.24, 2.45) is 0 Å². The number of aromatic nitrogens is 2. The van der Waals surface area contributed by atoms with Gasteiger partial charge in [0.05, 0.1) is 12.6 Å². The van der Waals surface area contributed by atoms with Crippen molar-refractivity contribution in [1.29, 1.82) is 0 Å². The van der Waals surface area contributed by atoms with Crippen LogP contribution in [0.3, 0.4) is 0 Å². The molecule has 1 saturated heterocycles. The molecule has 0 aliphatic carbocycles. The Balaban J connectivity index is 1.85. The highest BCUT2D eigenvalue weighted by atomic mass is 16.6. The van der Waals surface area contributed by atoms with Crippen LogP contribution >= 0.6 is 0 Å². The van der Waals surface area contributed by atoms with Gasteiger partial charge in [0.15, 0.2) is 0 Å². The zero-order valence-electron chi connectivity index (χ0n) is 22.9. The largest absolute Gasteiger partial charge is 0.493 e. The molecule has 9 nitrogen and oxygen atoms in total. The summed E-state index contributed by atoms with van der Waals surface area (Å²) in [5.74, 6) is 0.503. The van der Waals surface area contributed by atoms with E-state index in [9.17, 15) is 9.59 Å². The molecule has 0 bridgehead atoms. The number of rotatable bonds is 9. The maximum absolute atomic E-state index is 13.9. The molecule has 2 amide bonds. The van der Waals surface area contributed by atoms with Gasteiger partial charge in [-0.2, -0.15) is 0 Å². The molecule has 1 fully saturated rings. The second-order valence-electron chi connectivity index (χ2n) is 10.6. The average molecular weight is 513 g/mol. The molecule has 3 rings (SSSR count). The lowest BCUT2D eigenvalue weighted by Gasteiger charge is -2.41.